The first-order valence-corrected chi connectivity index (χ1v) is 10.3. The third-order valence-corrected chi connectivity index (χ3v) is 5.50. The Hall–Kier alpha value is -3.00. The Balaban J connectivity index is 1.83. The topological polar surface area (TPSA) is 86.8 Å². The molecule has 0 saturated carbocycles. The number of nitrogens with zero attached hydrogens (tertiary/aromatic N) is 2. The zero-order valence-corrected chi connectivity index (χ0v) is 17.2. The molecule has 1 aromatic heterocycles. The van der Waals surface area contributed by atoms with E-state index < -0.39 is 11.9 Å². The summed E-state index contributed by atoms with van der Waals surface area (Å²) in [5.74, 6) is -1.07. The second kappa shape index (κ2) is 9.00. The minimum atomic E-state index is -0.807. The Morgan fingerprint density at radius 3 is 2.52 bits per heavy atom. The predicted octanol–water partition coefficient (Wildman–Crippen LogP) is 3.17. The zero-order valence-electron chi connectivity index (χ0n) is 16.4. The second-order valence-electron chi connectivity index (χ2n) is 6.87. The van der Waals surface area contributed by atoms with Gasteiger partial charge in [0.2, 0.25) is 17.7 Å². The second-order valence-corrected chi connectivity index (χ2v) is 7.90. The van der Waals surface area contributed by atoms with Gasteiger partial charge in [-0.15, -0.1) is 11.3 Å². The van der Waals surface area contributed by atoms with Crippen LogP contribution < -0.4 is 10.2 Å². The lowest BCUT2D eigenvalue weighted by Gasteiger charge is -2.27. The Kier molecular flexibility index (Phi) is 6.43. The van der Waals surface area contributed by atoms with E-state index in [0.717, 1.165) is 9.78 Å². The van der Waals surface area contributed by atoms with Crippen LogP contribution in [0.2, 0.25) is 0 Å². The van der Waals surface area contributed by atoms with Crippen LogP contribution in [0.1, 0.15) is 38.0 Å². The van der Waals surface area contributed by atoms with Gasteiger partial charge in [-0.05, 0) is 42.1 Å². The van der Waals surface area contributed by atoms with E-state index in [2.05, 4.69) is 5.32 Å². The van der Waals surface area contributed by atoms with Crippen LogP contribution in [0.25, 0.3) is 0 Å². The van der Waals surface area contributed by atoms with Crippen LogP contribution in [0.5, 0.6) is 0 Å². The number of anilines is 2. The number of carbonyl (C=O) groups excluding carboxylic acids is 4. The molecule has 2 aromatic rings. The number of nitrogens with one attached hydrogen (secondary N) is 1. The molecule has 7 nitrogen and oxygen atoms in total. The van der Waals surface area contributed by atoms with Gasteiger partial charge >= 0.3 is 0 Å². The van der Waals surface area contributed by atoms with Gasteiger partial charge in [0, 0.05) is 23.9 Å². The van der Waals surface area contributed by atoms with E-state index in [1.807, 2.05) is 24.4 Å². The van der Waals surface area contributed by atoms with Gasteiger partial charge in [-0.25, -0.2) is 4.90 Å². The number of hydrogen-bond donors (Lipinski definition) is 1. The average Bonchev–Trinajstić information content (AvgIpc) is 3.28. The van der Waals surface area contributed by atoms with Crippen LogP contribution in [-0.4, -0.2) is 34.6 Å². The SMILES string of the molecule is CCCC(=O)N(Cc1cccs1)C1CC(=O)N(c2ccc(NC(C)=O)cc2)C1=O. The summed E-state index contributed by atoms with van der Waals surface area (Å²) in [6.45, 7) is 3.63. The fraction of sp³-hybridized carbons (Fsp3) is 0.333. The van der Waals surface area contributed by atoms with Crippen molar-refractivity contribution in [3.63, 3.8) is 0 Å². The highest BCUT2D eigenvalue weighted by atomic mass is 32.1. The maximum absolute atomic E-state index is 13.1. The van der Waals surface area contributed by atoms with Crippen LogP contribution in [-0.2, 0) is 25.7 Å². The first-order chi connectivity index (χ1) is 13.9. The molecule has 1 aliphatic rings. The average molecular weight is 413 g/mol. The first-order valence-electron chi connectivity index (χ1n) is 9.47. The van der Waals surface area contributed by atoms with E-state index in [1.165, 1.54) is 23.2 Å². The van der Waals surface area contributed by atoms with Gasteiger partial charge < -0.3 is 10.2 Å². The standard InChI is InChI=1S/C21H23N3O4S/c1-3-5-19(26)23(13-17-6-4-11-29-17)18-12-20(27)24(21(18)28)16-9-7-15(8-10-16)22-14(2)25/h4,6-11,18H,3,5,12-13H2,1-2H3,(H,22,25). The number of benzene rings is 1. The molecule has 2 heterocycles. The number of amides is 4. The molecule has 0 spiro atoms. The summed E-state index contributed by atoms with van der Waals surface area (Å²) < 4.78 is 0. The van der Waals surface area contributed by atoms with Gasteiger partial charge in [0.15, 0.2) is 0 Å². The molecule has 1 N–H and O–H groups in total. The van der Waals surface area contributed by atoms with Crippen molar-refractivity contribution >= 4 is 46.3 Å². The number of imide groups is 1. The predicted molar refractivity (Wildman–Crippen MR) is 111 cm³/mol. The fourth-order valence-electron chi connectivity index (χ4n) is 3.33. The van der Waals surface area contributed by atoms with Crippen LogP contribution in [0.15, 0.2) is 41.8 Å². The van der Waals surface area contributed by atoms with E-state index >= 15 is 0 Å². The highest BCUT2D eigenvalue weighted by molar-refractivity contribution is 7.09. The van der Waals surface area contributed by atoms with Crippen LogP contribution in [0, 0.1) is 0 Å². The third kappa shape index (κ3) is 4.71. The third-order valence-electron chi connectivity index (χ3n) is 4.64. The molecule has 29 heavy (non-hydrogen) atoms. The maximum Gasteiger partial charge on any atom is 0.257 e. The number of thiophene rings is 1. The lowest BCUT2D eigenvalue weighted by atomic mass is 10.1. The fourth-order valence-corrected chi connectivity index (χ4v) is 4.03. The lowest BCUT2D eigenvalue weighted by molar-refractivity contribution is -0.139. The monoisotopic (exact) mass is 413 g/mol. The van der Waals surface area contributed by atoms with Crippen molar-refractivity contribution in [1.82, 2.24) is 4.90 Å². The summed E-state index contributed by atoms with van der Waals surface area (Å²) >= 11 is 1.51. The van der Waals surface area contributed by atoms with Crippen molar-refractivity contribution in [2.24, 2.45) is 0 Å². The van der Waals surface area contributed by atoms with Gasteiger partial charge in [0.25, 0.3) is 5.91 Å². The molecular formula is C21H23N3O4S. The van der Waals surface area contributed by atoms with Gasteiger partial charge in [0.1, 0.15) is 6.04 Å². The Morgan fingerprint density at radius 2 is 1.93 bits per heavy atom. The Bertz CT molecular complexity index is 909. The van der Waals surface area contributed by atoms with Crippen LogP contribution in [0.3, 0.4) is 0 Å². The maximum atomic E-state index is 13.1. The molecule has 3 rings (SSSR count). The number of rotatable bonds is 7. The molecule has 1 atom stereocenters. The smallest absolute Gasteiger partial charge is 0.257 e. The number of hydrogen-bond acceptors (Lipinski definition) is 5. The molecular weight excluding hydrogens is 390 g/mol. The molecule has 8 heteroatoms. The summed E-state index contributed by atoms with van der Waals surface area (Å²) in [6.07, 6.45) is 0.963. The minimum Gasteiger partial charge on any atom is -0.326 e. The Morgan fingerprint density at radius 1 is 1.21 bits per heavy atom. The van der Waals surface area contributed by atoms with E-state index in [0.29, 0.717) is 30.8 Å². The molecule has 0 radical (unpaired) electrons. The quantitative estimate of drug-likeness (QED) is 0.707. The largest absolute Gasteiger partial charge is 0.326 e. The van der Waals surface area contributed by atoms with E-state index in [-0.39, 0.29) is 24.1 Å². The molecule has 1 aromatic carbocycles. The molecule has 152 valence electrons. The van der Waals surface area contributed by atoms with Crippen molar-refractivity contribution in [3.8, 4) is 0 Å². The lowest BCUT2D eigenvalue weighted by Crippen LogP contribution is -2.44. The summed E-state index contributed by atoms with van der Waals surface area (Å²) in [4.78, 5) is 53.2. The van der Waals surface area contributed by atoms with E-state index in [9.17, 15) is 19.2 Å². The van der Waals surface area contributed by atoms with Crippen LogP contribution in [0.4, 0.5) is 11.4 Å². The van der Waals surface area contributed by atoms with Crippen molar-refractivity contribution in [2.45, 2.75) is 45.7 Å². The molecule has 0 aliphatic carbocycles. The summed E-state index contributed by atoms with van der Waals surface area (Å²) in [5, 5.41) is 4.57. The molecule has 1 aliphatic heterocycles. The van der Waals surface area contributed by atoms with Crippen molar-refractivity contribution in [2.75, 3.05) is 10.2 Å². The minimum absolute atomic E-state index is 0.0346. The summed E-state index contributed by atoms with van der Waals surface area (Å²) in [5.41, 5.74) is 1.00. The highest BCUT2D eigenvalue weighted by Crippen LogP contribution is 2.28. The van der Waals surface area contributed by atoms with Crippen molar-refractivity contribution < 1.29 is 19.2 Å². The van der Waals surface area contributed by atoms with Crippen LogP contribution >= 0.6 is 11.3 Å². The first kappa shape index (κ1) is 20.7. The number of carbonyl (C=O) groups is 4. The molecule has 4 amide bonds. The molecule has 1 unspecified atom stereocenters. The normalized spacial score (nSPS) is 16.2. The molecule has 0 bridgehead atoms. The van der Waals surface area contributed by atoms with E-state index in [4.69, 9.17) is 0 Å². The van der Waals surface area contributed by atoms with Gasteiger partial charge in [-0.2, -0.15) is 0 Å². The van der Waals surface area contributed by atoms with Crippen molar-refractivity contribution in [3.05, 3.63) is 46.7 Å². The summed E-state index contributed by atoms with van der Waals surface area (Å²) in [6, 6.07) is 9.50. The van der Waals surface area contributed by atoms with Gasteiger partial charge in [-0.1, -0.05) is 13.0 Å². The highest BCUT2D eigenvalue weighted by Gasteiger charge is 2.44. The van der Waals surface area contributed by atoms with Crippen molar-refractivity contribution in [1.29, 1.82) is 0 Å². The zero-order chi connectivity index (χ0) is 21.0. The molecule has 1 fully saturated rings. The van der Waals surface area contributed by atoms with E-state index in [1.54, 1.807) is 24.3 Å². The summed E-state index contributed by atoms with van der Waals surface area (Å²) in [7, 11) is 0. The van der Waals surface area contributed by atoms with Gasteiger partial charge in [0.05, 0.1) is 18.7 Å². The molecule has 1 saturated heterocycles. The Labute approximate surface area is 173 Å². The van der Waals surface area contributed by atoms with Gasteiger partial charge in [-0.3, -0.25) is 19.2 Å².